The molecule has 6 heteroatoms. The maximum atomic E-state index is 12.8. The summed E-state index contributed by atoms with van der Waals surface area (Å²) in [6.07, 6.45) is -1.06. The fourth-order valence-electron chi connectivity index (χ4n) is 1.98. The fraction of sp³-hybridized carbons (Fsp3) is 0.125. The quantitative estimate of drug-likeness (QED) is 0.789. The molecule has 0 N–H and O–H groups in total. The number of carbonyl (C=O) groups excluding carboxylic acids is 1. The summed E-state index contributed by atoms with van der Waals surface area (Å²) >= 11 is 11.9. The molecule has 0 saturated carbocycles. The Morgan fingerprint density at radius 3 is 2.27 bits per heavy atom. The lowest BCUT2D eigenvalue weighted by Gasteiger charge is -2.26. The number of anilines is 1. The lowest BCUT2D eigenvalue weighted by molar-refractivity contribution is 0.0871. The van der Waals surface area contributed by atoms with Crippen molar-refractivity contribution in [3.63, 3.8) is 0 Å². The van der Waals surface area contributed by atoms with Gasteiger partial charge in [0.1, 0.15) is 6.07 Å². The summed E-state index contributed by atoms with van der Waals surface area (Å²) in [6.45, 7) is 0. The van der Waals surface area contributed by atoms with Gasteiger partial charge in [-0.2, -0.15) is 5.26 Å². The van der Waals surface area contributed by atoms with E-state index in [4.69, 9.17) is 27.9 Å². The van der Waals surface area contributed by atoms with E-state index in [1.54, 1.807) is 24.3 Å². The first-order chi connectivity index (χ1) is 10.6. The number of nitrogens with zero attached hydrogens (tertiary/aromatic N) is 2. The zero-order valence-electron chi connectivity index (χ0n) is 11.7. The second-order valence-electron chi connectivity index (χ2n) is 4.39. The van der Waals surface area contributed by atoms with Crippen LogP contribution in [0.15, 0.2) is 48.5 Å². The minimum Gasteiger partial charge on any atom is -0.349 e. The van der Waals surface area contributed by atoms with Crippen molar-refractivity contribution in [1.82, 2.24) is 0 Å². The molecule has 4 nitrogen and oxygen atoms in total. The van der Waals surface area contributed by atoms with Crippen molar-refractivity contribution in [2.45, 2.75) is 6.23 Å². The number of methoxy groups -OCH3 is 1. The van der Waals surface area contributed by atoms with Gasteiger partial charge in [-0.1, -0.05) is 41.4 Å². The lowest BCUT2D eigenvalue weighted by atomic mass is 10.1. The predicted molar refractivity (Wildman–Crippen MR) is 86.1 cm³/mol. The van der Waals surface area contributed by atoms with Gasteiger partial charge in [0.05, 0.1) is 0 Å². The molecule has 0 bridgehead atoms. The average Bonchev–Trinajstić information content (AvgIpc) is 2.51. The van der Waals surface area contributed by atoms with Crippen molar-refractivity contribution >= 4 is 34.8 Å². The summed E-state index contributed by atoms with van der Waals surface area (Å²) in [5, 5.41) is 9.93. The smallest absolute Gasteiger partial charge is 0.261 e. The molecule has 1 unspecified atom stereocenters. The van der Waals surface area contributed by atoms with Crippen LogP contribution in [0.2, 0.25) is 10.0 Å². The Bertz CT molecular complexity index is 694. The second kappa shape index (κ2) is 7.28. The first-order valence-electron chi connectivity index (χ1n) is 6.34. The van der Waals surface area contributed by atoms with Gasteiger partial charge in [-0.25, -0.2) is 0 Å². The molecule has 0 aliphatic rings. The zero-order chi connectivity index (χ0) is 16.1. The van der Waals surface area contributed by atoms with Crippen molar-refractivity contribution < 1.29 is 9.53 Å². The first-order valence-corrected chi connectivity index (χ1v) is 7.09. The molecule has 0 saturated heterocycles. The molecule has 2 aromatic carbocycles. The van der Waals surface area contributed by atoms with Crippen molar-refractivity contribution in [3.05, 3.63) is 64.1 Å². The summed E-state index contributed by atoms with van der Waals surface area (Å²) in [5.74, 6) is -0.427. The van der Waals surface area contributed by atoms with Gasteiger partial charge in [0.15, 0.2) is 0 Å². The number of halogens is 2. The molecule has 112 valence electrons. The third-order valence-corrected chi connectivity index (χ3v) is 3.37. The number of carbonyl (C=O) groups is 1. The monoisotopic (exact) mass is 334 g/mol. The summed E-state index contributed by atoms with van der Waals surface area (Å²) in [7, 11) is 1.36. The molecule has 1 atom stereocenters. The Morgan fingerprint density at radius 1 is 1.18 bits per heavy atom. The van der Waals surface area contributed by atoms with Crippen molar-refractivity contribution in [2.75, 3.05) is 12.0 Å². The highest BCUT2D eigenvalue weighted by Gasteiger charge is 2.26. The number of hydrogen-bond acceptors (Lipinski definition) is 3. The van der Waals surface area contributed by atoms with E-state index in [0.29, 0.717) is 15.7 Å². The van der Waals surface area contributed by atoms with Crippen LogP contribution in [0, 0.1) is 11.3 Å². The number of ether oxygens (including phenoxy) is 1. The van der Waals surface area contributed by atoms with E-state index in [1.807, 2.05) is 12.1 Å². The van der Waals surface area contributed by atoms with Gasteiger partial charge in [-0.3, -0.25) is 9.69 Å². The number of para-hydroxylation sites is 1. The van der Waals surface area contributed by atoms with Crippen LogP contribution in [0.25, 0.3) is 0 Å². The van der Waals surface area contributed by atoms with E-state index >= 15 is 0 Å². The topological polar surface area (TPSA) is 53.3 Å². The highest BCUT2D eigenvalue weighted by atomic mass is 35.5. The Hall–Kier alpha value is -2.06. The molecule has 0 spiro atoms. The Kier molecular flexibility index (Phi) is 5.40. The van der Waals surface area contributed by atoms with E-state index in [1.165, 1.54) is 30.2 Å². The van der Waals surface area contributed by atoms with Crippen LogP contribution < -0.4 is 4.90 Å². The molecule has 0 aromatic heterocycles. The van der Waals surface area contributed by atoms with Crippen LogP contribution in [0.1, 0.15) is 10.4 Å². The van der Waals surface area contributed by atoms with Crippen LogP contribution in [0.3, 0.4) is 0 Å². The number of hydrogen-bond donors (Lipinski definition) is 0. The first kappa shape index (κ1) is 16.3. The van der Waals surface area contributed by atoms with Gasteiger partial charge in [-0.15, -0.1) is 0 Å². The SMILES string of the molecule is COC(C#N)N(C(=O)c1cc(Cl)cc(Cl)c1)c1ccccc1. The highest BCUT2D eigenvalue weighted by molar-refractivity contribution is 6.35. The Morgan fingerprint density at radius 2 is 1.77 bits per heavy atom. The molecule has 0 aliphatic heterocycles. The minimum absolute atomic E-state index is 0.277. The molecule has 0 aliphatic carbocycles. The molecule has 0 radical (unpaired) electrons. The molecule has 2 aromatic rings. The summed E-state index contributed by atoms with van der Waals surface area (Å²) < 4.78 is 5.10. The molecular formula is C16H12Cl2N2O2. The third kappa shape index (κ3) is 3.58. The van der Waals surface area contributed by atoms with Crippen molar-refractivity contribution in [3.8, 4) is 6.07 Å². The summed E-state index contributed by atoms with van der Waals surface area (Å²) in [4.78, 5) is 14.0. The average molecular weight is 335 g/mol. The van der Waals surface area contributed by atoms with Crippen LogP contribution in [0.5, 0.6) is 0 Å². The van der Waals surface area contributed by atoms with Crippen molar-refractivity contribution in [2.24, 2.45) is 0 Å². The highest BCUT2D eigenvalue weighted by Crippen LogP contribution is 2.24. The van der Waals surface area contributed by atoms with Crippen LogP contribution in [-0.4, -0.2) is 19.2 Å². The van der Waals surface area contributed by atoms with Crippen molar-refractivity contribution in [1.29, 1.82) is 5.26 Å². The van der Waals surface area contributed by atoms with Gasteiger partial charge < -0.3 is 4.74 Å². The fourth-order valence-corrected chi connectivity index (χ4v) is 2.51. The lowest BCUT2D eigenvalue weighted by Crippen LogP contribution is -2.41. The van der Waals surface area contributed by atoms with Gasteiger partial charge in [0.2, 0.25) is 6.23 Å². The number of nitriles is 1. The molecule has 1 amide bonds. The molecule has 2 rings (SSSR count). The Labute approximate surface area is 138 Å². The second-order valence-corrected chi connectivity index (χ2v) is 5.26. The zero-order valence-corrected chi connectivity index (χ0v) is 13.2. The predicted octanol–water partition coefficient (Wildman–Crippen LogP) is 4.14. The summed E-state index contributed by atoms with van der Waals surface area (Å²) in [6, 6.07) is 15.3. The van der Waals surface area contributed by atoms with Crippen LogP contribution in [0.4, 0.5) is 5.69 Å². The number of amides is 1. The maximum absolute atomic E-state index is 12.8. The molecule has 22 heavy (non-hydrogen) atoms. The summed E-state index contributed by atoms with van der Waals surface area (Å²) in [5.41, 5.74) is 0.815. The van der Waals surface area contributed by atoms with E-state index in [0.717, 1.165) is 0 Å². The van der Waals surface area contributed by atoms with E-state index in [9.17, 15) is 10.1 Å². The normalized spacial score (nSPS) is 11.5. The Balaban J connectivity index is 2.49. The largest absolute Gasteiger partial charge is 0.349 e. The van der Waals surface area contributed by atoms with Crippen LogP contribution in [-0.2, 0) is 4.74 Å². The van der Waals surface area contributed by atoms with E-state index < -0.39 is 12.1 Å². The van der Waals surface area contributed by atoms with E-state index in [2.05, 4.69) is 0 Å². The van der Waals surface area contributed by atoms with Gasteiger partial charge in [0.25, 0.3) is 5.91 Å². The van der Waals surface area contributed by atoms with Crippen LogP contribution >= 0.6 is 23.2 Å². The van der Waals surface area contributed by atoms with E-state index in [-0.39, 0.29) is 5.56 Å². The molecule has 0 heterocycles. The standard InChI is InChI=1S/C16H12Cl2N2O2/c1-22-15(10-19)20(14-5-3-2-4-6-14)16(21)11-7-12(17)9-13(18)8-11/h2-9,15H,1H3. The number of benzene rings is 2. The minimum atomic E-state index is -1.06. The number of rotatable bonds is 4. The third-order valence-electron chi connectivity index (χ3n) is 2.93. The van der Waals surface area contributed by atoms with Gasteiger partial charge in [-0.05, 0) is 30.3 Å². The molecule has 0 fully saturated rings. The van der Waals surface area contributed by atoms with Gasteiger partial charge >= 0.3 is 0 Å². The maximum Gasteiger partial charge on any atom is 0.261 e. The van der Waals surface area contributed by atoms with Gasteiger partial charge in [0, 0.05) is 28.4 Å². The molecular weight excluding hydrogens is 323 g/mol.